The molecular formula is C24H23ClN2O3. The van der Waals surface area contributed by atoms with Crippen LogP contribution in [0.1, 0.15) is 35.8 Å². The van der Waals surface area contributed by atoms with Gasteiger partial charge in [-0.1, -0.05) is 54.1 Å². The van der Waals surface area contributed by atoms with Gasteiger partial charge < -0.3 is 15.4 Å². The van der Waals surface area contributed by atoms with Crippen molar-refractivity contribution in [3.63, 3.8) is 0 Å². The molecule has 0 aliphatic carbocycles. The van der Waals surface area contributed by atoms with Gasteiger partial charge in [-0.25, -0.2) is 0 Å². The minimum atomic E-state index is -0.759. The molecule has 0 aliphatic heterocycles. The molecule has 0 unspecified atom stereocenters. The Labute approximate surface area is 181 Å². The molecule has 0 radical (unpaired) electrons. The Morgan fingerprint density at radius 1 is 0.867 bits per heavy atom. The summed E-state index contributed by atoms with van der Waals surface area (Å²) in [5.41, 5.74) is 1.80. The molecule has 3 aromatic rings. The smallest absolute Gasteiger partial charge is 0.265 e. The van der Waals surface area contributed by atoms with Crippen LogP contribution in [-0.2, 0) is 4.79 Å². The molecule has 0 bridgehead atoms. The zero-order valence-electron chi connectivity index (χ0n) is 16.8. The average Bonchev–Trinajstić information content (AvgIpc) is 2.76. The number of nitrogens with one attached hydrogen (secondary N) is 2. The molecule has 0 aliphatic rings. The maximum Gasteiger partial charge on any atom is 0.265 e. The lowest BCUT2D eigenvalue weighted by Gasteiger charge is -2.18. The number of hydrogen-bond donors (Lipinski definition) is 2. The van der Waals surface area contributed by atoms with E-state index in [2.05, 4.69) is 10.6 Å². The van der Waals surface area contributed by atoms with E-state index in [0.29, 0.717) is 22.0 Å². The fraction of sp³-hybridized carbons (Fsp3) is 0.167. The molecule has 0 fully saturated rings. The van der Waals surface area contributed by atoms with Gasteiger partial charge in [-0.05, 0) is 55.8 Å². The van der Waals surface area contributed by atoms with Crippen LogP contribution in [0.2, 0.25) is 5.02 Å². The summed E-state index contributed by atoms with van der Waals surface area (Å²) >= 11 is 5.87. The molecule has 154 valence electrons. The van der Waals surface area contributed by atoms with Gasteiger partial charge in [-0.15, -0.1) is 0 Å². The Bertz CT molecular complexity index is 1010. The number of hydrogen-bond acceptors (Lipinski definition) is 3. The molecule has 0 saturated carbocycles. The first-order chi connectivity index (χ1) is 14.4. The molecule has 2 amide bonds. The summed E-state index contributed by atoms with van der Waals surface area (Å²) in [5, 5.41) is 6.34. The van der Waals surface area contributed by atoms with Crippen LogP contribution in [-0.4, -0.2) is 17.9 Å². The van der Waals surface area contributed by atoms with Crippen LogP contribution in [0.5, 0.6) is 5.75 Å². The molecule has 0 spiro atoms. The molecule has 0 saturated heterocycles. The third-order valence-corrected chi connectivity index (χ3v) is 4.82. The molecule has 3 aromatic carbocycles. The van der Waals surface area contributed by atoms with Gasteiger partial charge in [0.2, 0.25) is 0 Å². The Kier molecular flexibility index (Phi) is 7.09. The molecule has 30 heavy (non-hydrogen) atoms. The standard InChI is InChI=1S/C24H23ClN2O3/c1-16(18-8-4-3-5-9-18)26-24(29)21-10-6-7-11-22(21)27-23(28)17(2)30-20-14-12-19(25)13-15-20/h3-17H,1-2H3,(H,26,29)(H,27,28)/t16-,17+/m0/s1. The minimum Gasteiger partial charge on any atom is -0.481 e. The number of ether oxygens (including phenoxy) is 1. The van der Waals surface area contributed by atoms with E-state index < -0.39 is 6.10 Å². The third kappa shape index (κ3) is 5.61. The summed E-state index contributed by atoms with van der Waals surface area (Å²) in [4.78, 5) is 25.4. The van der Waals surface area contributed by atoms with Gasteiger partial charge in [-0.2, -0.15) is 0 Å². The van der Waals surface area contributed by atoms with Crippen molar-refractivity contribution in [3.8, 4) is 5.75 Å². The fourth-order valence-electron chi connectivity index (χ4n) is 2.89. The van der Waals surface area contributed by atoms with Crippen molar-refractivity contribution in [2.24, 2.45) is 0 Å². The van der Waals surface area contributed by atoms with E-state index in [1.54, 1.807) is 55.5 Å². The van der Waals surface area contributed by atoms with E-state index in [9.17, 15) is 9.59 Å². The van der Waals surface area contributed by atoms with E-state index >= 15 is 0 Å². The Morgan fingerprint density at radius 2 is 1.50 bits per heavy atom. The second-order valence-electron chi connectivity index (χ2n) is 6.85. The predicted molar refractivity (Wildman–Crippen MR) is 119 cm³/mol. The average molecular weight is 423 g/mol. The lowest BCUT2D eigenvalue weighted by atomic mass is 10.1. The van der Waals surface area contributed by atoms with Crippen LogP contribution in [0.3, 0.4) is 0 Å². The normalized spacial score (nSPS) is 12.5. The number of amides is 2. The Morgan fingerprint density at radius 3 is 2.20 bits per heavy atom. The van der Waals surface area contributed by atoms with E-state index in [1.807, 2.05) is 37.3 Å². The highest BCUT2D eigenvalue weighted by molar-refractivity contribution is 6.30. The number of rotatable bonds is 7. The van der Waals surface area contributed by atoms with Gasteiger partial charge in [0.15, 0.2) is 6.10 Å². The zero-order valence-corrected chi connectivity index (χ0v) is 17.5. The summed E-state index contributed by atoms with van der Waals surface area (Å²) in [6.45, 7) is 3.56. The number of anilines is 1. The van der Waals surface area contributed by atoms with E-state index in [0.717, 1.165) is 5.56 Å². The Balaban J connectivity index is 1.67. The van der Waals surface area contributed by atoms with Crippen molar-refractivity contribution in [2.75, 3.05) is 5.32 Å². The molecule has 2 atom stereocenters. The van der Waals surface area contributed by atoms with Crippen LogP contribution in [0, 0.1) is 0 Å². The molecule has 6 heteroatoms. The van der Waals surface area contributed by atoms with Crippen molar-refractivity contribution in [1.29, 1.82) is 0 Å². The highest BCUT2D eigenvalue weighted by Gasteiger charge is 2.19. The highest BCUT2D eigenvalue weighted by atomic mass is 35.5. The third-order valence-electron chi connectivity index (χ3n) is 4.57. The molecule has 0 aromatic heterocycles. The van der Waals surface area contributed by atoms with Crippen molar-refractivity contribution < 1.29 is 14.3 Å². The monoisotopic (exact) mass is 422 g/mol. The zero-order chi connectivity index (χ0) is 21.5. The van der Waals surface area contributed by atoms with Crippen LogP contribution in [0.15, 0.2) is 78.9 Å². The second kappa shape index (κ2) is 9.94. The van der Waals surface area contributed by atoms with Crippen molar-refractivity contribution in [1.82, 2.24) is 5.32 Å². The van der Waals surface area contributed by atoms with Gasteiger partial charge in [0, 0.05) is 5.02 Å². The number of halogens is 1. The van der Waals surface area contributed by atoms with Crippen molar-refractivity contribution in [2.45, 2.75) is 26.0 Å². The van der Waals surface area contributed by atoms with Crippen molar-refractivity contribution in [3.05, 3.63) is 95.0 Å². The lowest BCUT2D eigenvalue weighted by molar-refractivity contribution is -0.122. The predicted octanol–water partition coefficient (Wildman–Crippen LogP) is 5.24. The maximum absolute atomic E-state index is 12.8. The van der Waals surface area contributed by atoms with E-state index in [4.69, 9.17) is 16.3 Å². The number of carbonyl (C=O) groups excluding carboxylic acids is 2. The summed E-state index contributed by atoms with van der Waals surface area (Å²) < 4.78 is 5.65. The van der Waals surface area contributed by atoms with Crippen LogP contribution >= 0.6 is 11.6 Å². The van der Waals surface area contributed by atoms with Crippen LogP contribution < -0.4 is 15.4 Å². The summed E-state index contributed by atoms with van der Waals surface area (Å²) in [7, 11) is 0. The first-order valence-corrected chi connectivity index (χ1v) is 10.00. The molecule has 5 nitrogen and oxygen atoms in total. The first kappa shape index (κ1) is 21.4. The summed E-state index contributed by atoms with van der Waals surface area (Å²) in [5.74, 6) is -0.0976. The second-order valence-corrected chi connectivity index (χ2v) is 7.29. The number of carbonyl (C=O) groups is 2. The lowest BCUT2D eigenvalue weighted by Crippen LogP contribution is -2.32. The topological polar surface area (TPSA) is 67.4 Å². The van der Waals surface area contributed by atoms with Gasteiger partial charge >= 0.3 is 0 Å². The quantitative estimate of drug-likeness (QED) is 0.547. The Hall–Kier alpha value is -3.31. The number of para-hydroxylation sites is 1. The largest absolute Gasteiger partial charge is 0.481 e. The first-order valence-electron chi connectivity index (χ1n) is 9.62. The molecule has 3 rings (SSSR count). The fourth-order valence-corrected chi connectivity index (χ4v) is 3.02. The van der Waals surface area contributed by atoms with Gasteiger partial charge in [0.1, 0.15) is 5.75 Å². The van der Waals surface area contributed by atoms with Gasteiger partial charge in [-0.3, -0.25) is 9.59 Å². The molecule has 0 heterocycles. The molecular weight excluding hydrogens is 400 g/mol. The molecule has 2 N–H and O–H groups in total. The van der Waals surface area contributed by atoms with E-state index in [-0.39, 0.29) is 17.9 Å². The van der Waals surface area contributed by atoms with Gasteiger partial charge in [0.05, 0.1) is 17.3 Å². The highest BCUT2D eigenvalue weighted by Crippen LogP contribution is 2.20. The van der Waals surface area contributed by atoms with E-state index in [1.165, 1.54) is 0 Å². The van der Waals surface area contributed by atoms with Crippen molar-refractivity contribution >= 4 is 29.1 Å². The van der Waals surface area contributed by atoms with Gasteiger partial charge in [0.25, 0.3) is 11.8 Å². The van der Waals surface area contributed by atoms with Crippen LogP contribution in [0.25, 0.3) is 0 Å². The summed E-state index contributed by atoms with van der Waals surface area (Å²) in [6, 6.07) is 23.2. The maximum atomic E-state index is 12.8. The van der Waals surface area contributed by atoms with Crippen LogP contribution in [0.4, 0.5) is 5.69 Å². The SMILES string of the molecule is C[C@H](NC(=O)c1ccccc1NC(=O)[C@@H](C)Oc1ccc(Cl)cc1)c1ccccc1. The number of benzene rings is 3. The summed E-state index contributed by atoms with van der Waals surface area (Å²) in [6.07, 6.45) is -0.759. The minimum absolute atomic E-state index is 0.172.